The van der Waals surface area contributed by atoms with Crippen LogP contribution < -0.4 is 0 Å². The summed E-state index contributed by atoms with van der Waals surface area (Å²) in [5.74, 6) is -1.18. The molecule has 0 saturated heterocycles. The van der Waals surface area contributed by atoms with Gasteiger partial charge in [-0.3, -0.25) is 0 Å². The van der Waals surface area contributed by atoms with Crippen molar-refractivity contribution in [2.45, 2.75) is 32.3 Å². The molecule has 0 saturated carbocycles. The van der Waals surface area contributed by atoms with E-state index in [1.54, 1.807) is 0 Å². The molecule has 0 amide bonds. The highest BCUT2D eigenvalue weighted by atomic mass is 19.1. The smallest absolute Gasteiger partial charge is 0.128 e. The molecular weight excluding hydrogens is 248 g/mol. The standard InChI is InChI=1S/C15H15F2NO/c1-9-5-13-14(3-2-4-15(13)19)18(9)12-7-10(16)6-11(17)8-12/h5-8,15,19H,2-4H2,1H3. The second kappa shape index (κ2) is 4.46. The van der Waals surface area contributed by atoms with E-state index in [-0.39, 0.29) is 0 Å². The molecule has 1 aromatic carbocycles. The van der Waals surface area contributed by atoms with E-state index in [4.69, 9.17) is 0 Å². The largest absolute Gasteiger partial charge is 0.388 e. The van der Waals surface area contributed by atoms with E-state index in [9.17, 15) is 13.9 Å². The summed E-state index contributed by atoms with van der Waals surface area (Å²) in [5, 5.41) is 9.99. The molecule has 0 spiro atoms. The molecule has 0 radical (unpaired) electrons. The summed E-state index contributed by atoms with van der Waals surface area (Å²) in [4.78, 5) is 0. The van der Waals surface area contributed by atoms with Crippen LogP contribution in [0.25, 0.3) is 5.69 Å². The van der Waals surface area contributed by atoms with Crippen molar-refractivity contribution in [3.05, 3.63) is 52.9 Å². The fraction of sp³-hybridized carbons (Fsp3) is 0.333. The van der Waals surface area contributed by atoms with E-state index in [2.05, 4.69) is 0 Å². The third kappa shape index (κ3) is 2.06. The Kier molecular flexibility index (Phi) is 2.90. The SMILES string of the molecule is Cc1cc2c(n1-c1cc(F)cc(F)c1)CCCC2O. The molecule has 2 nitrogen and oxygen atoms in total. The van der Waals surface area contributed by atoms with Gasteiger partial charge in [-0.2, -0.15) is 0 Å². The maximum Gasteiger partial charge on any atom is 0.128 e. The highest BCUT2D eigenvalue weighted by molar-refractivity contribution is 5.43. The Bertz CT molecular complexity index is 613. The number of aliphatic hydroxyl groups excluding tert-OH is 1. The Morgan fingerprint density at radius 3 is 2.53 bits per heavy atom. The second-order valence-corrected chi connectivity index (χ2v) is 5.06. The lowest BCUT2D eigenvalue weighted by Gasteiger charge is -2.20. The van der Waals surface area contributed by atoms with Crippen molar-refractivity contribution >= 4 is 0 Å². The van der Waals surface area contributed by atoms with Crippen LogP contribution in [0.2, 0.25) is 0 Å². The van der Waals surface area contributed by atoms with Gasteiger partial charge in [0.1, 0.15) is 11.6 Å². The summed E-state index contributed by atoms with van der Waals surface area (Å²) in [7, 11) is 0. The molecule has 1 heterocycles. The van der Waals surface area contributed by atoms with E-state index < -0.39 is 17.7 Å². The van der Waals surface area contributed by atoms with E-state index in [1.165, 1.54) is 12.1 Å². The van der Waals surface area contributed by atoms with Crippen molar-refractivity contribution in [2.24, 2.45) is 0 Å². The van der Waals surface area contributed by atoms with Crippen molar-refractivity contribution in [3.63, 3.8) is 0 Å². The van der Waals surface area contributed by atoms with Crippen molar-refractivity contribution < 1.29 is 13.9 Å². The molecule has 1 unspecified atom stereocenters. The Hall–Kier alpha value is -1.68. The number of nitrogens with zero attached hydrogens (tertiary/aromatic N) is 1. The lowest BCUT2D eigenvalue weighted by molar-refractivity contribution is 0.156. The molecule has 3 rings (SSSR count). The molecule has 1 aliphatic carbocycles. The Balaban J connectivity index is 2.20. The Labute approximate surface area is 110 Å². The number of aromatic nitrogens is 1. The summed E-state index contributed by atoms with van der Waals surface area (Å²) in [6.45, 7) is 1.88. The van der Waals surface area contributed by atoms with Crippen LogP contribution in [-0.2, 0) is 6.42 Å². The van der Waals surface area contributed by atoms with Crippen LogP contribution in [0.15, 0.2) is 24.3 Å². The fourth-order valence-electron chi connectivity index (χ4n) is 2.91. The highest BCUT2D eigenvalue weighted by Gasteiger charge is 2.23. The lowest BCUT2D eigenvalue weighted by Crippen LogP contribution is -2.11. The summed E-state index contributed by atoms with van der Waals surface area (Å²) in [6, 6.07) is 5.40. The van der Waals surface area contributed by atoms with Crippen molar-refractivity contribution in [1.82, 2.24) is 4.57 Å². The van der Waals surface area contributed by atoms with Gasteiger partial charge in [-0.15, -0.1) is 0 Å². The molecule has 0 aliphatic heterocycles. The maximum absolute atomic E-state index is 13.4. The molecule has 0 fully saturated rings. The number of hydrogen-bond donors (Lipinski definition) is 1. The van der Waals surface area contributed by atoms with Crippen LogP contribution in [0, 0.1) is 18.6 Å². The maximum atomic E-state index is 13.4. The number of rotatable bonds is 1. The first-order chi connectivity index (χ1) is 9.06. The van der Waals surface area contributed by atoms with Crippen molar-refractivity contribution in [3.8, 4) is 5.69 Å². The van der Waals surface area contributed by atoms with E-state index in [0.29, 0.717) is 5.69 Å². The Morgan fingerprint density at radius 2 is 1.84 bits per heavy atom. The van der Waals surface area contributed by atoms with Crippen LogP contribution in [0.3, 0.4) is 0 Å². The number of hydrogen-bond acceptors (Lipinski definition) is 1. The van der Waals surface area contributed by atoms with Gasteiger partial charge in [0.2, 0.25) is 0 Å². The molecule has 100 valence electrons. The molecule has 1 aromatic heterocycles. The quantitative estimate of drug-likeness (QED) is 0.837. The van der Waals surface area contributed by atoms with Crippen LogP contribution in [0.5, 0.6) is 0 Å². The number of aliphatic hydroxyl groups is 1. The molecule has 2 aromatic rings. The number of benzene rings is 1. The zero-order chi connectivity index (χ0) is 13.6. The topological polar surface area (TPSA) is 25.2 Å². The predicted molar refractivity (Wildman–Crippen MR) is 68.3 cm³/mol. The third-order valence-corrected chi connectivity index (χ3v) is 3.68. The number of aryl methyl sites for hydroxylation is 1. The fourth-order valence-corrected chi connectivity index (χ4v) is 2.91. The van der Waals surface area contributed by atoms with Gasteiger partial charge in [-0.25, -0.2) is 8.78 Å². The normalized spacial score (nSPS) is 18.4. The van der Waals surface area contributed by atoms with Crippen LogP contribution in [-0.4, -0.2) is 9.67 Å². The number of fused-ring (bicyclic) bond motifs is 1. The van der Waals surface area contributed by atoms with Gasteiger partial charge >= 0.3 is 0 Å². The first-order valence-electron chi connectivity index (χ1n) is 6.42. The zero-order valence-corrected chi connectivity index (χ0v) is 10.7. The van der Waals surface area contributed by atoms with Gasteiger partial charge in [0.15, 0.2) is 0 Å². The first-order valence-corrected chi connectivity index (χ1v) is 6.42. The summed E-state index contributed by atoms with van der Waals surface area (Å²) >= 11 is 0. The van der Waals surface area contributed by atoms with E-state index in [1.807, 2.05) is 17.6 Å². The van der Waals surface area contributed by atoms with Gasteiger partial charge in [0.25, 0.3) is 0 Å². The molecule has 1 aliphatic rings. The highest BCUT2D eigenvalue weighted by Crippen LogP contribution is 2.34. The predicted octanol–water partition coefficient (Wildman–Crippen LogP) is 3.43. The summed E-state index contributed by atoms with van der Waals surface area (Å²) in [6.07, 6.45) is 1.98. The second-order valence-electron chi connectivity index (χ2n) is 5.06. The number of halogens is 2. The van der Waals surface area contributed by atoms with E-state index in [0.717, 1.165) is 42.3 Å². The monoisotopic (exact) mass is 263 g/mol. The van der Waals surface area contributed by atoms with Gasteiger partial charge in [0, 0.05) is 23.0 Å². The van der Waals surface area contributed by atoms with Crippen LogP contribution in [0.4, 0.5) is 8.78 Å². The first kappa shape index (κ1) is 12.4. The summed E-state index contributed by atoms with van der Waals surface area (Å²) in [5.41, 5.74) is 3.20. The summed E-state index contributed by atoms with van der Waals surface area (Å²) < 4.78 is 28.6. The van der Waals surface area contributed by atoms with Gasteiger partial charge in [-0.1, -0.05) is 0 Å². The minimum Gasteiger partial charge on any atom is -0.388 e. The van der Waals surface area contributed by atoms with Crippen LogP contribution >= 0.6 is 0 Å². The molecule has 4 heteroatoms. The lowest BCUT2D eigenvalue weighted by atomic mass is 9.95. The van der Waals surface area contributed by atoms with Crippen LogP contribution in [0.1, 0.15) is 35.9 Å². The average Bonchev–Trinajstić information content (AvgIpc) is 2.65. The molecule has 1 N–H and O–H groups in total. The Morgan fingerprint density at radius 1 is 1.16 bits per heavy atom. The van der Waals surface area contributed by atoms with Gasteiger partial charge in [0.05, 0.1) is 11.8 Å². The third-order valence-electron chi connectivity index (χ3n) is 3.68. The van der Waals surface area contributed by atoms with Gasteiger partial charge in [-0.05, 0) is 44.4 Å². The molecular formula is C15H15F2NO. The average molecular weight is 263 g/mol. The molecule has 1 atom stereocenters. The molecule has 19 heavy (non-hydrogen) atoms. The van der Waals surface area contributed by atoms with Crippen molar-refractivity contribution in [2.75, 3.05) is 0 Å². The molecule has 0 bridgehead atoms. The van der Waals surface area contributed by atoms with Gasteiger partial charge < -0.3 is 9.67 Å². The minimum atomic E-state index is -0.590. The zero-order valence-electron chi connectivity index (χ0n) is 10.7. The minimum absolute atomic E-state index is 0.470. The van der Waals surface area contributed by atoms with Crippen molar-refractivity contribution in [1.29, 1.82) is 0 Å². The van der Waals surface area contributed by atoms with E-state index >= 15 is 0 Å².